The third kappa shape index (κ3) is 5.42. The van der Waals surface area contributed by atoms with Crippen molar-refractivity contribution in [2.24, 2.45) is 0 Å². The van der Waals surface area contributed by atoms with Gasteiger partial charge in [0.25, 0.3) is 0 Å². The van der Waals surface area contributed by atoms with E-state index in [0.717, 1.165) is 50.0 Å². The average Bonchev–Trinajstić information content (AvgIpc) is 3.64. The molecule has 48 heavy (non-hydrogen) atoms. The minimum absolute atomic E-state index is 0. The predicted octanol–water partition coefficient (Wildman–Crippen LogP) is 10.8. The summed E-state index contributed by atoms with van der Waals surface area (Å²) < 4.78 is 11.0. The molecule has 0 aliphatic carbocycles. The number of ether oxygens (including phenoxy) is 1. The molecule has 238 valence electrons. The summed E-state index contributed by atoms with van der Waals surface area (Å²) >= 11 is 0. The molecule has 5 aromatic carbocycles. The Kier molecular flexibility index (Phi) is 8.49. The fourth-order valence-electron chi connectivity index (χ4n) is 6.62. The first kappa shape index (κ1) is 31.6. The summed E-state index contributed by atoms with van der Waals surface area (Å²) in [5, 5.41) is 2.24. The predicted molar refractivity (Wildman–Crippen MR) is 191 cm³/mol. The molecule has 0 N–H and O–H groups in total. The van der Waals surface area contributed by atoms with E-state index in [9.17, 15) is 0 Å². The maximum atomic E-state index is 6.50. The number of rotatable bonds is 7. The van der Waals surface area contributed by atoms with E-state index in [-0.39, 0.29) is 21.1 Å². The standard InChI is InChI=1S/C42H34N4O.Pt/c1-27(2)32-16-12-17-33(28(3)4)41(32)46-38-20-8-6-18-36(38)44-42(46)29-13-11-14-30(25-29)47-31-22-23-35-34-15-5-7-19-37(34)45(39(35)26-31)40-21-9-10-24-43-40;/h5-24,27-28H,1-4H3;/q-2;+2. The normalized spacial score (nSPS) is 11.5. The smallest absolute Gasteiger partial charge is 0.503 e. The van der Waals surface area contributed by atoms with Crippen molar-refractivity contribution in [2.45, 2.75) is 39.5 Å². The minimum Gasteiger partial charge on any atom is -0.503 e. The summed E-state index contributed by atoms with van der Waals surface area (Å²) in [6.45, 7) is 9.01. The molecule has 0 aliphatic heterocycles. The number of pyridine rings is 1. The largest absolute Gasteiger partial charge is 2.00 e. The summed E-state index contributed by atoms with van der Waals surface area (Å²) in [6.07, 6.45) is 1.81. The maximum Gasteiger partial charge on any atom is 2.00 e. The number of benzene rings is 5. The van der Waals surface area contributed by atoms with Crippen LogP contribution in [-0.4, -0.2) is 19.1 Å². The van der Waals surface area contributed by atoms with Gasteiger partial charge in [-0.1, -0.05) is 93.9 Å². The van der Waals surface area contributed by atoms with Crippen LogP contribution in [0.3, 0.4) is 0 Å². The van der Waals surface area contributed by atoms with Crippen LogP contribution < -0.4 is 4.74 Å². The van der Waals surface area contributed by atoms with Gasteiger partial charge in [-0.15, -0.1) is 41.3 Å². The van der Waals surface area contributed by atoms with Gasteiger partial charge in [-0.3, -0.25) is 4.98 Å². The Labute approximate surface area is 295 Å². The van der Waals surface area contributed by atoms with Crippen LogP contribution in [0.5, 0.6) is 11.5 Å². The van der Waals surface area contributed by atoms with Crippen molar-refractivity contribution in [3.8, 4) is 34.4 Å². The monoisotopic (exact) mass is 805 g/mol. The second-order valence-electron chi connectivity index (χ2n) is 12.5. The van der Waals surface area contributed by atoms with Crippen LogP contribution >= 0.6 is 0 Å². The van der Waals surface area contributed by atoms with Gasteiger partial charge in [0.05, 0.1) is 16.9 Å². The van der Waals surface area contributed by atoms with Crippen molar-refractivity contribution >= 4 is 32.8 Å². The van der Waals surface area contributed by atoms with Crippen LogP contribution in [0.1, 0.15) is 50.7 Å². The van der Waals surface area contributed by atoms with Crippen LogP contribution in [0, 0.1) is 12.1 Å². The SMILES string of the molecule is CC(C)c1cccc(C(C)C)c1-n1c(-c2[c-]c(Oc3[c-]c4c(cc3)c3ccccc3n4-c3ccccn3)ccc2)nc2ccccc21.[Pt+2]. The summed E-state index contributed by atoms with van der Waals surface area (Å²) in [5.74, 6) is 3.54. The summed E-state index contributed by atoms with van der Waals surface area (Å²) in [7, 11) is 0. The first-order valence-electron chi connectivity index (χ1n) is 16.2. The van der Waals surface area contributed by atoms with Crippen molar-refractivity contribution in [3.63, 3.8) is 0 Å². The molecule has 0 aliphatic rings. The van der Waals surface area contributed by atoms with Crippen molar-refractivity contribution in [2.75, 3.05) is 0 Å². The van der Waals surface area contributed by atoms with Gasteiger partial charge in [-0.05, 0) is 58.7 Å². The fraction of sp³-hybridized carbons (Fsp3) is 0.143. The van der Waals surface area contributed by atoms with E-state index in [2.05, 4.69) is 127 Å². The van der Waals surface area contributed by atoms with Gasteiger partial charge in [-0.25, -0.2) is 4.98 Å². The molecule has 5 nitrogen and oxygen atoms in total. The van der Waals surface area contributed by atoms with E-state index in [1.54, 1.807) is 0 Å². The molecule has 0 saturated carbocycles. The van der Waals surface area contributed by atoms with Crippen molar-refractivity contribution in [1.29, 1.82) is 0 Å². The molecule has 3 heterocycles. The second-order valence-corrected chi connectivity index (χ2v) is 12.5. The number of hydrogen-bond acceptors (Lipinski definition) is 3. The first-order valence-corrected chi connectivity index (χ1v) is 16.2. The van der Waals surface area contributed by atoms with Gasteiger partial charge < -0.3 is 13.9 Å². The third-order valence-corrected chi connectivity index (χ3v) is 8.79. The van der Waals surface area contributed by atoms with E-state index in [0.29, 0.717) is 23.3 Å². The molecule has 0 unspecified atom stereocenters. The van der Waals surface area contributed by atoms with E-state index in [1.807, 2.05) is 48.7 Å². The van der Waals surface area contributed by atoms with Crippen molar-refractivity contribution < 1.29 is 25.8 Å². The number of fused-ring (bicyclic) bond motifs is 4. The van der Waals surface area contributed by atoms with Crippen LogP contribution in [0.4, 0.5) is 0 Å². The van der Waals surface area contributed by atoms with Crippen LogP contribution in [0.15, 0.2) is 121 Å². The van der Waals surface area contributed by atoms with Gasteiger partial charge in [-0.2, -0.15) is 6.07 Å². The number of para-hydroxylation sites is 4. The van der Waals surface area contributed by atoms with Gasteiger partial charge >= 0.3 is 21.1 Å². The first-order chi connectivity index (χ1) is 23.0. The number of aromatic nitrogens is 4. The molecule has 0 bridgehead atoms. The Bertz CT molecular complexity index is 2380. The van der Waals surface area contributed by atoms with Gasteiger partial charge in [0, 0.05) is 28.9 Å². The Hall–Kier alpha value is -4.99. The molecule has 8 aromatic rings. The fourth-order valence-corrected chi connectivity index (χ4v) is 6.62. The van der Waals surface area contributed by atoms with Gasteiger partial charge in [0.15, 0.2) is 0 Å². The van der Waals surface area contributed by atoms with Crippen LogP contribution in [0.25, 0.3) is 55.7 Å². The topological polar surface area (TPSA) is 44.9 Å². The minimum atomic E-state index is 0. The van der Waals surface area contributed by atoms with E-state index in [4.69, 9.17) is 9.72 Å². The molecule has 0 fully saturated rings. The molecule has 0 amide bonds. The van der Waals surface area contributed by atoms with Crippen LogP contribution in [0.2, 0.25) is 0 Å². The molecule has 8 rings (SSSR count). The Morgan fingerprint density at radius 1 is 0.604 bits per heavy atom. The summed E-state index contributed by atoms with van der Waals surface area (Å²) in [6, 6.07) is 46.5. The van der Waals surface area contributed by atoms with E-state index in [1.165, 1.54) is 16.8 Å². The Morgan fingerprint density at radius 3 is 2.04 bits per heavy atom. The molecule has 0 radical (unpaired) electrons. The van der Waals surface area contributed by atoms with Gasteiger partial charge in [0.1, 0.15) is 5.82 Å². The molecular weight excluding hydrogens is 772 g/mol. The maximum absolute atomic E-state index is 6.50. The average molecular weight is 806 g/mol. The third-order valence-electron chi connectivity index (χ3n) is 8.79. The molecule has 0 atom stereocenters. The zero-order chi connectivity index (χ0) is 32.1. The van der Waals surface area contributed by atoms with Crippen molar-refractivity contribution in [3.05, 3.63) is 145 Å². The number of imidazole rings is 1. The van der Waals surface area contributed by atoms with Gasteiger partial charge in [0.2, 0.25) is 0 Å². The number of hydrogen-bond donors (Lipinski definition) is 0. The Balaban J connectivity index is 0.00000364. The van der Waals surface area contributed by atoms with Crippen LogP contribution in [-0.2, 0) is 21.1 Å². The number of nitrogens with zero attached hydrogens (tertiary/aromatic N) is 4. The second kappa shape index (κ2) is 12.9. The molecule has 3 aromatic heterocycles. The molecule has 0 spiro atoms. The van der Waals surface area contributed by atoms with E-state index < -0.39 is 0 Å². The molecule has 0 saturated heterocycles. The quantitative estimate of drug-likeness (QED) is 0.151. The zero-order valence-electron chi connectivity index (χ0n) is 27.2. The summed E-state index contributed by atoms with van der Waals surface area (Å²) in [5.41, 5.74) is 8.63. The molecule has 6 heteroatoms. The Morgan fingerprint density at radius 2 is 1.29 bits per heavy atom. The van der Waals surface area contributed by atoms with E-state index >= 15 is 0 Å². The molecular formula is C42H34N4OPt. The zero-order valence-corrected chi connectivity index (χ0v) is 29.5. The summed E-state index contributed by atoms with van der Waals surface area (Å²) in [4.78, 5) is 9.83. The van der Waals surface area contributed by atoms with Crippen molar-refractivity contribution in [1.82, 2.24) is 19.1 Å².